The van der Waals surface area contributed by atoms with E-state index in [0.717, 1.165) is 39.8 Å². The van der Waals surface area contributed by atoms with E-state index in [1.54, 1.807) is 12.4 Å². The van der Waals surface area contributed by atoms with Gasteiger partial charge in [0.2, 0.25) is 0 Å². The molecule has 1 aromatic heterocycles. The fourth-order valence-electron chi connectivity index (χ4n) is 2.48. The molecule has 1 aromatic carbocycles. The molecular weight excluding hydrogens is 318 g/mol. The average Bonchev–Trinajstić information content (AvgIpc) is 2.46. The number of carbonyl (C=O) groups excluding carboxylic acids is 1. The fourth-order valence-corrected chi connectivity index (χ4v) is 2.89. The van der Waals surface area contributed by atoms with Crippen LogP contribution >= 0.6 is 15.9 Å². The molecule has 102 valence electrons. The summed E-state index contributed by atoms with van der Waals surface area (Å²) in [6.07, 6.45) is 5.99. The fraction of sp³-hybridized carbons (Fsp3) is 0.250. The van der Waals surface area contributed by atoms with E-state index >= 15 is 0 Å². The minimum Gasteiger partial charge on any atom is -0.489 e. The minimum atomic E-state index is 0.223. The first kappa shape index (κ1) is 13.3. The van der Waals surface area contributed by atoms with E-state index in [1.807, 2.05) is 24.3 Å². The number of pyridine rings is 1. The van der Waals surface area contributed by atoms with Gasteiger partial charge in [-0.05, 0) is 40.9 Å². The Balaban J connectivity index is 1.81. The van der Waals surface area contributed by atoms with Crippen LogP contribution in [0.25, 0.3) is 0 Å². The molecule has 0 atom stereocenters. The van der Waals surface area contributed by atoms with Gasteiger partial charge in [-0.2, -0.15) is 0 Å². The third-order valence-corrected chi connectivity index (χ3v) is 3.85. The monoisotopic (exact) mass is 331 g/mol. The largest absolute Gasteiger partial charge is 0.489 e. The second kappa shape index (κ2) is 5.75. The van der Waals surface area contributed by atoms with E-state index in [9.17, 15) is 4.79 Å². The van der Waals surface area contributed by atoms with Crippen molar-refractivity contribution in [1.29, 1.82) is 0 Å². The smallest absolute Gasteiger partial charge is 0.163 e. The van der Waals surface area contributed by atoms with Gasteiger partial charge >= 0.3 is 0 Å². The normalized spacial score (nSPS) is 13.9. The summed E-state index contributed by atoms with van der Waals surface area (Å²) in [5.41, 5.74) is 2.87. The molecular formula is C16H14BrNO2. The van der Waals surface area contributed by atoms with Gasteiger partial charge in [0, 0.05) is 40.0 Å². The molecule has 3 rings (SSSR count). The van der Waals surface area contributed by atoms with Crippen LogP contribution in [0.4, 0.5) is 0 Å². The molecule has 0 bridgehead atoms. The van der Waals surface area contributed by atoms with E-state index < -0.39 is 0 Å². The minimum absolute atomic E-state index is 0.223. The second-order valence-electron chi connectivity index (χ2n) is 4.86. The van der Waals surface area contributed by atoms with Crippen molar-refractivity contribution < 1.29 is 9.53 Å². The Morgan fingerprint density at radius 2 is 2.15 bits per heavy atom. The summed E-state index contributed by atoms with van der Waals surface area (Å²) in [6, 6.07) is 7.69. The molecule has 0 saturated carbocycles. The van der Waals surface area contributed by atoms with Crippen LogP contribution < -0.4 is 4.74 Å². The topological polar surface area (TPSA) is 39.2 Å². The first-order valence-corrected chi connectivity index (χ1v) is 7.40. The lowest BCUT2D eigenvalue weighted by Crippen LogP contribution is -2.12. The van der Waals surface area contributed by atoms with Crippen molar-refractivity contribution in [3.63, 3.8) is 0 Å². The van der Waals surface area contributed by atoms with Crippen molar-refractivity contribution in [3.8, 4) is 5.75 Å². The number of ketones is 1. The number of hydrogen-bond donors (Lipinski definition) is 0. The Kier molecular flexibility index (Phi) is 3.83. The van der Waals surface area contributed by atoms with Gasteiger partial charge in [0.15, 0.2) is 5.78 Å². The lowest BCUT2D eigenvalue weighted by Gasteiger charge is -2.18. The summed E-state index contributed by atoms with van der Waals surface area (Å²) in [5.74, 6) is 1.04. The molecule has 1 heterocycles. The van der Waals surface area contributed by atoms with Crippen molar-refractivity contribution in [1.82, 2.24) is 4.98 Å². The summed E-state index contributed by atoms with van der Waals surface area (Å²) in [4.78, 5) is 16.0. The Morgan fingerprint density at radius 3 is 3.00 bits per heavy atom. The number of rotatable bonds is 3. The third kappa shape index (κ3) is 2.75. The molecule has 0 spiro atoms. The lowest BCUT2D eigenvalue weighted by atomic mass is 9.90. The molecule has 0 amide bonds. The zero-order valence-electron chi connectivity index (χ0n) is 10.9. The van der Waals surface area contributed by atoms with Crippen LogP contribution in [0, 0.1) is 0 Å². The number of nitrogens with zero attached hydrogens (tertiary/aromatic N) is 1. The highest BCUT2D eigenvalue weighted by Crippen LogP contribution is 2.30. The van der Waals surface area contributed by atoms with E-state index in [4.69, 9.17) is 4.74 Å². The maximum Gasteiger partial charge on any atom is 0.163 e. The molecule has 0 fully saturated rings. The summed E-state index contributed by atoms with van der Waals surface area (Å²) < 4.78 is 6.81. The van der Waals surface area contributed by atoms with Crippen LogP contribution in [-0.4, -0.2) is 10.8 Å². The third-order valence-electron chi connectivity index (χ3n) is 3.42. The number of aromatic nitrogens is 1. The summed E-state index contributed by atoms with van der Waals surface area (Å²) in [5, 5.41) is 0. The number of hydrogen-bond acceptors (Lipinski definition) is 3. The van der Waals surface area contributed by atoms with E-state index in [2.05, 4.69) is 20.9 Å². The average molecular weight is 332 g/mol. The molecule has 0 saturated heterocycles. The highest BCUT2D eigenvalue weighted by molar-refractivity contribution is 9.10. The Morgan fingerprint density at radius 1 is 1.25 bits per heavy atom. The van der Waals surface area contributed by atoms with Crippen molar-refractivity contribution in [2.45, 2.75) is 25.9 Å². The molecule has 1 aliphatic rings. The van der Waals surface area contributed by atoms with E-state index in [0.29, 0.717) is 13.0 Å². The van der Waals surface area contributed by atoms with Crippen molar-refractivity contribution in [2.75, 3.05) is 0 Å². The highest BCUT2D eigenvalue weighted by Gasteiger charge is 2.20. The predicted molar refractivity (Wildman–Crippen MR) is 80.0 cm³/mol. The number of benzene rings is 1. The quantitative estimate of drug-likeness (QED) is 0.855. The Labute approximate surface area is 126 Å². The second-order valence-corrected chi connectivity index (χ2v) is 5.77. The molecule has 0 aliphatic heterocycles. The van der Waals surface area contributed by atoms with Gasteiger partial charge in [0.1, 0.15) is 12.4 Å². The highest BCUT2D eigenvalue weighted by atomic mass is 79.9. The maximum atomic E-state index is 11.9. The number of Topliss-reactive ketones (excluding diaryl/α,β-unsaturated/α-hetero) is 1. The molecule has 0 N–H and O–H groups in total. The summed E-state index contributed by atoms with van der Waals surface area (Å²) in [6.45, 7) is 0.455. The van der Waals surface area contributed by atoms with Crippen molar-refractivity contribution >= 4 is 21.7 Å². The number of halogens is 1. The standard InChI is InChI=1S/C16H14BrNO2/c17-12-7-11(8-18-9-12)10-20-16-6-2-3-13-14(16)4-1-5-15(13)19/h2-3,6-9H,1,4-5,10H2. The molecule has 0 radical (unpaired) electrons. The molecule has 3 nitrogen and oxygen atoms in total. The van der Waals surface area contributed by atoms with Crippen molar-refractivity contribution in [2.24, 2.45) is 0 Å². The van der Waals surface area contributed by atoms with Gasteiger partial charge in [0.25, 0.3) is 0 Å². The first-order valence-electron chi connectivity index (χ1n) is 6.61. The zero-order chi connectivity index (χ0) is 13.9. The summed E-state index contributed by atoms with van der Waals surface area (Å²) in [7, 11) is 0. The predicted octanol–water partition coefficient (Wildman–Crippen LogP) is 3.94. The lowest BCUT2D eigenvalue weighted by molar-refractivity contribution is 0.0971. The van der Waals surface area contributed by atoms with Crippen LogP contribution in [0.2, 0.25) is 0 Å². The van der Waals surface area contributed by atoms with Gasteiger partial charge in [-0.3, -0.25) is 9.78 Å². The van der Waals surface area contributed by atoms with Gasteiger partial charge < -0.3 is 4.74 Å². The van der Waals surface area contributed by atoms with Gasteiger partial charge in [-0.1, -0.05) is 12.1 Å². The first-order chi connectivity index (χ1) is 9.74. The van der Waals surface area contributed by atoms with Gasteiger partial charge in [-0.25, -0.2) is 0 Å². The zero-order valence-corrected chi connectivity index (χ0v) is 12.5. The van der Waals surface area contributed by atoms with Gasteiger partial charge in [-0.15, -0.1) is 0 Å². The van der Waals surface area contributed by atoms with Crippen molar-refractivity contribution in [3.05, 3.63) is 57.8 Å². The number of carbonyl (C=O) groups is 1. The Hall–Kier alpha value is -1.68. The molecule has 20 heavy (non-hydrogen) atoms. The molecule has 4 heteroatoms. The van der Waals surface area contributed by atoms with Crippen LogP contribution in [0.15, 0.2) is 41.1 Å². The Bertz CT molecular complexity index is 655. The maximum absolute atomic E-state index is 11.9. The molecule has 1 aliphatic carbocycles. The van der Waals surface area contributed by atoms with E-state index in [1.165, 1.54) is 0 Å². The van der Waals surface area contributed by atoms with Crippen LogP contribution in [-0.2, 0) is 13.0 Å². The van der Waals surface area contributed by atoms with Crippen LogP contribution in [0.5, 0.6) is 5.75 Å². The summed E-state index contributed by atoms with van der Waals surface area (Å²) >= 11 is 3.39. The SMILES string of the molecule is O=C1CCCc2c(OCc3cncc(Br)c3)cccc21. The number of fused-ring (bicyclic) bond motifs is 1. The van der Waals surface area contributed by atoms with Crippen LogP contribution in [0.1, 0.15) is 34.3 Å². The van der Waals surface area contributed by atoms with E-state index in [-0.39, 0.29) is 5.78 Å². The number of ether oxygens (including phenoxy) is 1. The van der Waals surface area contributed by atoms with Crippen LogP contribution in [0.3, 0.4) is 0 Å². The van der Waals surface area contributed by atoms with Gasteiger partial charge in [0.05, 0.1) is 0 Å². The molecule has 2 aromatic rings. The molecule has 0 unspecified atom stereocenters.